The summed E-state index contributed by atoms with van der Waals surface area (Å²) in [4.78, 5) is 27.7. The number of carbonyl (C=O) groups is 2. The van der Waals surface area contributed by atoms with Crippen LogP contribution in [0.15, 0.2) is 48.5 Å². The van der Waals surface area contributed by atoms with E-state index in [1.54, 1.807) is 6.07 Å². The highest BCUT2D eigenvalue weighted by Crippen LogP contribution is 2.24. The molecule has 0 spiro atoms. The van der Waals surface area contributed by atoms with Gasteiger partial charge in [-0.15, -0.1) is 0 Å². The molecule has 0 heterocycles. The van der Waals surface area contributed by atoms with Gasteiger partial charge in [-0.3, -0.25) is 13.9 Å². The largest absolute Gasteiger partial charge is 0.355 e. The Morgan fingerprint density at radius 2 is 1.69 bits per heavy atom. The molecule has 0 radical (unpaired) electrons. The van der Waals surface area contributed by atoms with Gasteiger partial charge in [0, 0.05) is 13.1 Å². The van der Waals surface area contributed by atoms with Crippen LogP contribution in [0.2, 0.25) is 0 Å². The molecule has 0 aliphatic heterocycles. The van der Waals surface area contributed by atoms with Crippen LogP contribution in [0.3, 0.4) is 0 Å². The number of sulfonamides is 1. The summed E-state index contributed by atoms with van der Waals surface area (Å²) >= 11 is 0. The van der Waals surface area contributed by atoms with Crippen molar-refractivity contribution in [1.29, 1.82) is 0 Å². The Balaban J connectivity index is 2.45. The first-order valence-corrected chi connectivity index (χ1v) is 12.6. The summed E-state index contributed by atoms with van der Waals surface area (Å²) in [5, 5.41) is 2.78. The second kappa shape index (κ2) is 11.1. The summed E-state index contributed by atoms with van der Waals surface area (Å²) in [6.07, 6.45) is 1.50. The van der Waals surface area contributed by atoms with E-state index in [4.69, 9.17) is 0 Å². The molecule has 0 fully saturated rings. The van der Waals surface area contributed by atoms with Crippen LogP contribution >= 0.6 is 0 Å². The van der Waals surface area contributed by atoms with Crippen LogP contribution < -0.4 is 9.62 Å². The molecule has 7 nitrogen and oxygen atoms in total. The fourth-order valence-electron chi connectivity index (χ4n) is 3.57. The van der Waals surface area contributed by atoms with Crippen LogP contribution in [-0.2, 0) is 26.2 Å². The minimum atomic E-state index is -3.74. The molecular formula is C24H33N3O4S. The third-order valence-corrected chi connectivity index (χ3v) is 6.37. The Labute approximate surface area is 191 Å². The predicted octanol–water partition coefficient (Wildman–Crippen LogP) is 3.01. The van der Waals surface area contributed by atoms with Gasteiger partial charge in [-0.05, 0) is 49.9 Å². The van der Waals surface area contributed by atoms with Crippen molar-refractivity contribution in [2.45, 2.75) is 46.7 Å². The van der Waals surface area contributed by atoms with E-state index < -0.39 is 22.0 Å². The highest BCUT2D eigenvalue weighted by atomic mass is 32.2. The summed E-state index contributed by atoms with van der Waals surface area (Å²) in [7, 11) is -3.74. The predicted molar refractivity (Wildman–Crippen MR) is 128 cm³/mol. The molecule has 0 aliphatic carbocycles. The maximum Gasteiger partial charge on any atom is 0.244 e. The Morgan fingerprint density at radius 3 is 2.25 bits per heavy atom. The highest BCUT2D eigenvalue weighted by Gasteiger charge is 2.31. The SMILES string of the molecule is CCNC(=O)[C@@H](CC)N(Cc1ccccc1)C(=O)CN(c1cc(C)ccc1C)S(C)(=O)=O. The van der Waals surface area contributed by atoms with Gasteiger partial charge in [0.05, 0.1) is 11.9 Å². The molecule has 8 heteroatoms. The van der Waals surface area contributed by atoms with E-state index in [1.165, 1.54) is 4.90 Å². The van der Waals surface area contributed by atoms with E-state index in [-0.39, 0.29) is 19.0 Å². The van der Waals surface area contributed by atoms with E-state index in [0.717, 1.165) is 27.3 Å². The van der Waals surface area contributed by atoms with Crippen molar-refractivity contribution in [2.24, 2.45) is 0 Å². The Morgan fingerprint density at radius 1 is 1.03 bits per heavy atom. The van der Waals surface area contributed by atoms with E-state index in [9.17, 15) is 18.0 Å². The minimum absolute atomic E-state index is 0.208. The number of aryl methyl sites for hydroxylation is 2. The zero-order valence-electron chi connectivity index (χ0n) is 19.5. The lowest BCUT2D eigenvalue weighted by Crippen LogP contribution is -2.52. The number of nitrogens with one attached hydrogen (secondary N) is 1. The lowest BCUT2D eigenvalue weighted by Gasteiger charge is -2.33. The number of carbonyl (C=O) groups excluding carboxylic acids is 2. The Bertz CT molecular complexity index is 1040. The Hall–Kier alpha value is -2.87. The monoisotopic (exact) mass is 459 g/mol. The second-order valence-electron chi connectivity index (χ2n) is 7.89. The summed E-state index contributed by atoms with van der Waals surface area (Å²) in [6, 6.07) is 14.1. The molecule has 0 unspecified atom stereocenters. The molecule has 0 bridgehead atoms. The highest BCUT2D eigenvalue weighted by molar-refractivity contribution is 7.92. The number of rotatable bonds is 10. The summed E-state index contributed by atoms with van der Waals surface area (Å²) in [6.45, 7) is 7.61. The first-order valence-electron chi connectivity index (χ1n) is 10.7. The summed E-state index contributed by atoms with van der Waals surface area (Å²) < 4.78 is 26.5. The van der Waals surface area contributed by atoms with Crippen LogP contribution in [0.4, 0.5) is 5.69 Å². The first-order chi connectivity index (χ1) is 15.1. The van der Waals surface area contributed by atoms with Gasteiger partial charge in [0.25, 0.3) is 0 Å². The van der Waals surface area contributed by atoms with Crippen molar-refractivity contribution in [3.63, 3.8) is 0 Å². The van der Waals surface area contributed by atoms with Crippen LogP contribution in [0.25, 0.3) is 0 Å². The van der Waals surface area contributed by atoms with E-state index in [0.29, 0.717) is 18.7 Å². The third kappa shape index (κ3) is 6.56. The van der Waals surface area contributed by atoms with Crippen molar-refractivity contribution in [1.82, 2.24) is 10.2 Å². The molecule has 1 N–H and O–H groups in total. The van der Waals surface area contributed by atoms with Gasteiger partial charge in [0.1, 0.15) is 12.6 Å². The number of hydrogen-bond acceptors (Lipinski definition) is 4. The van der Waals surface area contributed by atoms with Gasteiger partial charge in [-0.1, -0.05) is 49.4 Å². The van der Waals surface area contributed by atoms with Gasteiger partial charge in [0.2, 0.25) is 21.8 Å². The van der Waals surface area contributed by atoms with Crippen molar-refractivity contribution >= 4 is 27.5 Å². The molecule has 2 amide bonds. The average Bonchev–Trinajstić information content (AvgIpc) is 2.73. The molecule has 32 heavy (non-hydrogen) atoms. The van der Waals surface area contributed by atoms with Crippen LogP contribution in [0, 0.1) is 13.8 Å². The minimum Gasteiger partial charge on any atom is -0.355 e. The van der Waals surface area contributed by atoms with Crippen LogP contribution in [0.5, 0.6) is 0 Å². The number of nitrogens with zero attached hydrogens (tertiary/aromatic N) is 2. The van der Waals surface area contributed by atoms with Gasteiger partial charge >= 0.3 is 0 Å². The first kappa shape index (κ1) is 25.4. The summed E-state index contributed by atoms with van der Waals surface area (Å²) in [5.41, 5.74) is 2.97. The normalized spacial score (nSPS) is 12.2. The number of benzene rings is 2. The smallest absolute Gasteiger partial charge is 0.244 e. The third-order valence-electron chi connectivity index (χ3n) is 5.25. The molecule has 2 aromatic carbocycles. The van der Waals surface area contributed by atoms with Crippen LogP contribution in [-0.4, -0.2) is 50.5 Å². The Kier molecular flexibility index (Phi) is 8.83. The van der Waals surface area contributed by atoms with Gasteiger partial charge in [0.15, 0.2) is 0 Å². The molecule has 0 saturated heterocycles. The maximum atomic E-state index is 13.5. The lowest BCUT2D eigenvalue weighted by molar-refractivity contribution is -0.140. The van der Waals surface area contributed by atoms with E-state index >= 15 is 0 Å². The zero-order valence-corrected chi connectivity index (χ0v) is 20.3. The van der Waals surface area contributed by atoms with Crippen molar-refractivity contribution in [3.8, 4) is 0 Å². The van der Waals surface area contributed by atoms with Crippen molar-refractivity contribution < 1.29 is 18.0 Å². The van der Waals surface area contributed by atoms with Crippen LogP contribution in [0.1, 0.15) is 37.0 Å². The topological polar surface area (TPSA) is 86.8 Å². The molecule has 2 aromatic rings. The van der Waals surface area contributed by atoms with E-state index in [1.807, 2.05) is 70.2 Å². The number of anilines is 1. The molecule has 0 saturated carbocycles. The summed E-state index contributed by atoms with van der Waals surface area (Å²) in [5.74, 6) is -0.685. The van der Waals surface area contributed by atoms with Crippen molar-refractivity contribution in [3.05, 3.63) is 65.2 Å². The standard InChI is InChI=1S/C24H33N3O4S/c1-6-21(24(29)25-7-2)26(16-20-11-9-8-10-12-20)23(28)17-27(32(5,30)31)22-15-18(3)13-14-19(22)4/h8-15,21H,6-7,16-17H2,1-5H3,(H,25,29)/t21-/m1/s1. The van der Waals surface area contributed by atoms with E-state index in [2.05, 4.69) is 5.32 Å². The molecule has 1 atom stereocenters. The quantitative estimate of drug-likeness (QED) is 0.592. The fraction of sp³-hybridized carbons (Fsp3) is 0.417. The lowest BCUT2D eigenvalue weighted by atomic mass is 10.1. The molecule has 0 aliphatic rings. The number of likely N-dealkylation sites (N-methyl/N-ethyl adjacent to an activating group) is 1. The van der Waals surface area contributed by atoms with Crippen molar-refractivity contribution in [2.75, 3.05) is 23.7 Å². The maximum absolute atomic E-state index is 13.5. The van der Waals surface area contributed by atoms with Gasteiger partial charge < -0.3 is 10.2 Å². The number of hydrogen-bond donors (Lipinski definition) is 1. The number of amides is 2. The molecule has 0 aromatic heterocycles. The molecule has 174 valence electrons. The van der Waals surface area contributed by atoms with Gasteiger partial charge in [-0.25, -0.2) is 8.42 Å². The average molecular weight is 460 g/mol. The molecular weight excluding hydrogens is 426 g/mol. The zero-order chi connectivity index (χ0) is 23.9. The fourth-order valence-corrected chi connectivity index (χ4v) is 4.47. The van der Waals surface area contributed by atoms with Gasteiger partial charge in [-0.2, -0.15) is 0 Å². The molecule has 2 rings (SSSR count). The second-order valence-corrected chi connectivity index (χ2v) is 9.79.